The Labute approximate surface area is 88.1 Å². The number of benzene rings is 1. The van der Waals surface area contributed by atoms with Gasteiger partial charge in [-0.1, -0.05) is 18.2 Å². The monoisotopic (exact) mass is 197 g/mol. The van der Waals surface area contributed by atoms with Crippen molar-refractivity contribution in [2.24, 2.45) is 0 Å². The van der Waals surface area contributed by atoms with E-state index in [0.717, 1.165) is 17.9 Å². The minimum atomic E-state index is 0.811. The Balaban J connectivity index is 2.15. The van der Waals surface area contributed by atoms with Gasteiger partial charge in [-0.05, 0) is 24.4 Å². The van der Waals surface area contributed by atoms with E-state index >= 15 is 0 Å². The van der Waals surface area contributed by atoms with Crippen LogP contribution in [-0.2, 0) is 6.54 Å². The van der Waals surface area contributed by atoms with Crippen molar-refractivity contribution < 1.29 is 0 Å². The highest BCUT2D eigenvalue weighted by molar-refractivity contribution is 5.53. The SMILES string of the molecule is C1=Cc2c(ncn2-c2ccccc2)CN1. The maximum absolute atomic E-state index is 4.38. The van der Waals surface area contributed by atoms with E-state index in [1.165, 1.54) is 5.69 Å². The van der Waals surface area contributed by atoms with Gasteiger partial charge in [-0.15, -0.1) is 0 Å². The molecule has 3 nitrogen and oxygen atoms in total. The fraction of sp³-hybridized carbons (Fsp3) is 0.0833. The number of hydrogen-bond donors (Lipinski definition) is 1. The minimum absolute atomic E-state index is 0.811. The van der Waals surface area contributed by atoms with Crippen LogP contribution in [0.5, 0.6) is 0 Å². The zero-order valence-corrected chi connectivity index (χ0v) is 8.22. The highest BCUT2D eigenvalue weighted by Crippen LogP contribution is 2.17. The van der Waals surface area contributed by atoms with Crippen molar-refractivity contribution in [3.8, 4) is 5.69 Å². The van der Waals surface area contributed by atoms with E-state index in [4.69, 9.17) is 0 Å². The fourth-order valence-electron chi connectivity index (χ4n) is 1.80. The van der Waals surface area contributed by atoms with E-state index in [0.29, 0.717) is 0 Å². The molecule has 2 heterocycles. The summed E-state index contributed by atoms with van der Waals surface area (Å²) in [5.41, 5.74) is 3.42. The van der Waals surface area contributed by atoms with E-state index < -0.39 is 0 Å². The van der Waals surface area contributed by atoms with Gasteiger partial charge in [-0.2, -0.15) is 0 Å². The normalized spacial score (nSPS) is 13.3. The first-order valence-electron chi connectivity index (χ1n) is 4.97. The van der Waals surface area contributed by atoms with E-state index in [9.17, 15) is 0 Å². The van der Waals surface area contributed by atoms with Gasteiger partial charge in [-0.25, -0.2) is 4.98 Å². The maximum Gasteiger partial charge on any atom is 0.100 e. The molecule has 74 valence electrons. The number of nitrogens with zero attached hydrogens (tertiary/aromatic N) is 2. The third-order valence-corrected chi connectivity index (χ3v) is 2.55. The van der Waals surface area contributed by atoms with Gasteiger partial charge in [0.25, 0.3) is 0 Å². The number of nitrogens with one attached hydrogen (secondary N) is 1. The summed E-state index contributed by atoms with van der Waals surface area (Å²) in [6, 6.07) is 10.2. The summed E-state index contributed by atoms with van der Waals surface area (Å²) in [5, 5.41) is 3.15. The summed E-state index contributed by atoms with van der Waals surface area (Å²) in [7, 11) is 0. The molecule has 0 saturated carbocycles. The van der Waals surface area contributed by atoms with Crippen molar-refractivity contribution in [3.63, 3.8) is 0 Å². The summed E-state index contributed by atoms with van der Waals surface area (Å²) in [6.07, 6.45) is 5.89. The van der Waals surface area contributed by atoms with E-state index in [1.54, 1.807) is 0 Å². The van der Waals surface area contributed by atoms with Crippen LogP contribution in [-0.4, -0.2) is 9.55 Å². The molecule has 0 amide bonds. The number of para-hydroxylation sites is 1. The van der Waals surface area contributed by atoms with Crippen LogP contribution in [0.3, 0.4) is 0 Å². The Kier molecular flexibility index (Phi) is 1.81. The van der Waals surface area contributed by atoms with Crippen molar-refractivity contribution in [1.29, 1.82) is 0 Å². The number of aromatic nitrogens is 2. The molecular weight excluding hydrogens is 186 g/mol. The Morgan fingerprint density at radius 3 is 2.93 bits per heavy atom. The largest absolute Gasteiger partial charge is 0.385 e. The molecule has 0 saturated heterocycles. The zero-order chi connectivity index (χ0) is 10.1. The Bertz CT molecular complexity index is 497. The van der Waals surface area contributed by atoms with Gasteiger partial charge < -0.3 is 5.32 Å². The second-order valence-electron chi connectivity index (χ2n) is 3.50. The van der Waals surface area contributed by atoms with Crippen molar-refractivity contribution in [2.75, 3.05) is 0 Å². The minimum Gasteiger partial charge on any atom is -0.385 e. The summed E-state index contributed by atoms with van der Waals surface area (Å²) >= 11 is 0. The first kappa shape index (κ1) is 8.29. The van der Waals surface area contributed by atoms with Crippen LogP contribution < -0.4 is 5.32 Å². The summed E-state index contributed by atoms with van der Waals surface area (Å²) in [5.74, 6) is 0. The van der Waals surface area contributed by atoms with Crippen LogP contribution in [0.15, 0.2) is 42.9 Å². The Morgan fingerprint density at radius 1 is 1.20 bits per heavy atom. The van der Waals surface area contributed by atoms with Crippen molar-refractivity contribution in [1.82, 2.24) is 14.9 Å². The smallest absolute Gasteiger partial charge is 0.100 e. The lowest BCUT2D eigenvalue weighted by Gasteiger charge is -2.10. The summed E-state index contributed by atoms with van der Waals surface area (Å²) < 4.78 is 2.10. The highest BCUT2D eigenvalue weighted by atomic mass is 15.1. The van der Waals surface area contributed by atoms with Crippen molar-refractivity contribution in [2.45, 2.75) is 6.54 Å². The summed E-state index contributed by atoms with van der Waals surface area (Å²) in [4.78, 5) is 4.38. The number of imidazole rings is 1. The molecular formula is C12H11N3. The summed E-state index contributed by atoms with van der Waals surface area (Å²) in [6.45, 7) is 0.811. The lowest BCUT2D eigenvalue weighted by molar-refractivity contribution is 0.829. The number of rotatable bonds is 1. The van der Waals surface area contributed by atoms with Crippen molar-refractivity contribution >= 4 is 6.08 Å². The molecule has 3 heteroatoms. The second kappa shape index (κ2) is 3.28. The standard InChI is InChI=1S/C12H11N3/c1-2-4-10(5-3-1)15-9-14-11-8-13-7-6-12(11)15/h1-7,9,13H,8H2. The molecule has 1 N–H and O–H groups in total. The lowest BCUT2D eigenvalue weighted by Crippen LogP contribution is -2.11. The van der Waals surface area contributed by atoms with Gasteiger partial charge in [0.2, 0.25) is 0 Å². The van der Waals surface area contributed by atoms with Gasteiger partial charge in [-0.3, -0.25) is 4.57 Å². The van der Waals surface area contributed by atoms with Gasteiger partial charge in [0, 0.05) is 5.69 Å². The van der Waals surface area contributed by atoms with E-state index in [2.05, 4.69) is 33.1 Å². The lowest BCUT2D eigenvalue weighted by atomic mass is 10.2. The van der Waals surface area contributed by atoms with Crippen LogP contribution in [0.25, 0.3) is 11.8 Å². The molecule has 0 spiro atoms. The topological polar surface area (TPSA) is 29.9 Å². The predicted molar refractivity (Wildman–Crippen MR) is 59.4 cm³/mol. The molecule has 1 aliphatic rings. The molecule has 0 aliphatic carbocycles. The van der Waals surface area contributed by atoms with Gasteiger partial charge >= 0.3 is 0 Å². The van der Waals surface area contributed by atoms with Gasteiger partial charge in [0.05, 0.1) is 17.9 Å². The second-order valence-corrected chi connectivity index (χ2v) is 3.50. The predicted octanol–water partition coefficient (Wildman–Crippen LogP) is 1.95. The molecule has 1 aromatic heterocycles. The van der Waals surface area contributed by atoms with E-state index in [1.807, 2.05) is 30.7 Å². The van der Waals surface area contributed by atoms with Gasteiger partial charge in [0.1, 0.15) is 6.33 Å². The first-order valence-corrected chi connectivity index (χ1v) is 4.97. The zero-order valence-electron chi connectivity index (χ0n) is 8.22. The molecule has 2 aromatic rings. The number of fused-ring (bicyclic) bond motifs is 1. The first-order chi connectivity index (χ1) is 7.45. The molecule has 0 atom stereocenters. The van der Waals surface area contributed by atoms with Crippen LogP contribution in [0.2, 0.25) is 0 Å². The fourth-order valence-corrected chi connectivity index (χ4v) is 1.80. The van der Waals surface area contributed by atoms with E-state index in [-0.39, 0.29) is 0 Å². The van der Waals surface area contributed by atoms with Crippen LogP contribution in [0.4, 0.5) is 0 Å². The molecule has 0 bridgehead atoms. The molecule has 15 heavy (non-hydrogen) atoms. The molecule has 0 fully saturated rings. The quantitative estimate of drug-likeness (QED) is 0.757. The Morgan fingerprint density at radius 2 is 2.07 bits per heavy atom. The molecule has 0 unspecified atom stereocenters. The van der Waals surface area contributed by atoms with Crippen LogP contribution >= 0.6 is 0 Å². The third kappa shape index (κ3) is 1.32. The molecule has 3 rings (SSSR count). The average molecular weight is 197 g/mol. The number of hydrogen-bond acceptors (Lipinski definition) is 2. The Hall–Kier alpha value is -2.03. The molecule has 1 aromatic carbocycles. The molecule has 1 aliphatic heterocycles. The maximum atomic E-state index is 4.38. The molecule has 0 radical (unpaired) electrons. The van der Waals surface area contributed by atoms with Gasteiger partial charge in [0.15, 0.2) is 0 Å². The average Bonchev–Trinajstić information content (AvgIpc) is 2.74. The highest BCUT2D eigenvalue weighted by Gasteiger charge is 2.11. The van der Waals surface area contributed by atoms with Crippen molar-refractivity contribution in [3.05, 3.63) is 54.2 Å². The van der Waals surface area contributed by atoms with Crippen LogP contribution in [0.1, 0.15) is 11.4 Å². The third-order valence-electron chi connectivity index (χ3n) is 2.55. The van der Waals surface area contributed by atoms with Crippen LogP contribution in [0, 0.1) is 0 Å².